The van der Waals surface area contributed by atoms with Crippen LogP contribution in [0.25, 0.3) is 5.57 Å². The van der Waals surface area contributed by atoms with Crippen molar-refractivity contribution in [2.75, 3.05) is 26.3 Å². The van der Waals surface area contributed by atoms with E-state index in [-0.39, 0.29) is 24.5 Å². The molecule has 2 aliphatic rings. The van der Waals surface area contributed by atoms with Crippen LogP contribution in [0.15, 0.2) is 54.2 Å². The first kappa shape index (κ1) is 21.1. The topological polar surface area (TPSA) is 59.1 Å². The standard InChI is InChI=1S/C25H28N2O4/c1-17(2)31-21-10-8-20(9-11-21)22-23(26-12-14-30-15-13-26)25(29)27(24(22)28)16-19-6-4-18(3)5-7-19/h4-11,17H,12-16H2,1-3H3. The lowest BCUT2D eigenvalue weighted by Gasteiger charge is -2.29. The van der Waals surface area contributed by atoms with E-state index in [2.05, 4.69) is 0 Å². The number of amides is 2. The van der Waals surface area contributed by atoms with Gasteiger partial charge in [0.25, 0.3) is 11.8 Å². The highest BCUT2D eigenvalue weighted by Gasteiger charge is 2.41. The van der Waals surface area contributed by atoms with E-state index in [1.54, 1.807) is 0 Å². The van der Waals surface area contributed by atoms with Crippen LogP contribution in [0.1, 0.15) is 30.5 Å². The molecule has 4 rings (SSSR count). The Morgan fingerprint density at radius 1 is 0.935 bits per heavy atom. The van der Waals surface area contributed by atoms with Gasteiger partial charge >= 0.3 is 0 Å². The lowest BCUT2D eigenvalue weighted by atomic mass is 10.0. The van der Waals surface area contributed by atoms with Gasteiger partial charge in [0.15, 0.2) is 0 Å². The van der Waals surface area contributed by atoms with Crippen molar-refractivity contribution in [3.05, 3.63) is 70.9 Å². The normalized spacial score (nSPS) is 17.2. The maximum Gasteiger partial charge on any atom is 0.278 e. The summed E-state index contributed by atoms with van der Waals surface area (Å²) >= 11 is 0. The zero-order chi connectivity index (χ0) is 22.0. The third kappa shape index (κ3) is 4.49. The fourth-order valence-electron chi connectivity index (χ4n) is 3.90. The Bertz CT molecular complexity index is 987. The summed E-state index contributed by atoms with van der Waals surface area (Å²) in [5.41, 5.74) is 3.71. The van der Waals surface area contributed by atoms with Crippen molar-refractivity contribution in [1.82, 2.24) is 9.80 Å². The molecule has 0 unspecified atom stereocenters. The molecule has 6 nitrogen and oxygen atoms in total. The van der Waals surface area contributed by atoms with Crippen LogP contribution >= 0.6 is 0 Å². The number of benzene rings is 2. The molecular formula is C25H28N2O4. The van der Waals surface area contributed by atoms with E-state index in [1.165, 1.54) is 4.90 Å². The zero-order valence-corrected chi connectivity index (χ0v) is 18.3. The van der Waals surface area contributed by atoms with Crippen molar-refractivity contribution in [3.8, 4) is 5.75 Å². The van der Waals surface area contributed by atoms with Crippen LogP contribution in [-0.2, 0) is 20.9 Å². The number of carbonyl (C=O) groups excluding carboxylic acids is 2. The molecule has 0 aliphatic carbocycles. The monoisotopic (exact) mass is 420 g/mol. The minimum absolute atomic E-state index is 0.0636. The largest absolute Gasteiger partial charge is 0.491 e. The molecule has 1 saturated heterocycles. The molecule has 1 fully saturated rings. The number of aryl methyl sites for hydroxylation is 1. The zero-order valence-electron chi connectivity index (χ0n) is 18.3. The van der Waals surface area contributed by atoms with Gasteiger partial charge < -0.3 is 14.4 Å². The van der Waals surface area contributed by atoms with E-state index in [0.717, 1.165) is 22.4 Å². The van der Waals surface area contributed by atoms with E-state index < -0.39 is 0 Å². The molecule has 0 aromatic heterocycles. The van der Waals surface area contributed by atoms with Crippen LogP contribution in [0.3, 0.4) is 0 Å². The van der Waals surface area contributed by atoms with Crippen molar-refractivity contribution in [3.63, 3.8) is 0 Å². The second kappa shape index (κ2) is 8.94. The molecule has 2 amide bonds. The molecule has 31 heavy (non-hydrogen) atoms. The summed E-state index contributed by atoms with van der Waals surface area (Å²) in [6.07, 6.45) is 0.0636. The summed E-state index contributed by atoms with van der Waals surface area (Å²) in [6, 6.07) is 15.3. The molecule has 0 atom stereocenters. The van der Waals surface area contributed by atoms with Gasteiger partial charge in [-0.3, -0.25) is 14.5 Å². The van der Waals surface area contributed by atoms with E-state index in [9.17, 15) is 9.59 Å². The van der Waals surface area contributed by atoms with Crippen molar-refractivity contribution in [2.24, 2.45) is 0 Å². The molecule has 162 valence electrons. The van der Waals surface area contributed by atoms with Gasteiger partial charge in [0.05, 0.1) is 31.4 Å². The highest BCUT2D eigenvalue weighted by molar-refractivity contribution is 6.35. The molecule has 2 aromatic rings. The predicted octanol–water partition coefficient (Wildman–Crippen LogP) is 3.39. The number of hydrogen-bond donors (Lipinski definition) is 0. The lowest BCUT2D eigenvalue weighted by molar-refractivity contribution is -0.138. The van der Waals surface area contributed by atoms with E-state index in [0.29, 0.717) is 37.6 Å². The number of imide groups is 1. The Morgan fingerprint density at radius 3 is 2.19 bits per heavy atom. The van der Waals surface area contributed by atoms with Crippen LogP contribution in [0.4, 0.5) is 0 Å². The van der Waals surface area contributed by atoms with Crippen molar-refractivity contribution < 1.29 is 19.1 Å². The quantitative estimate of drug-likeness (QED) is 0.671. The third-order valence-electron chi connectivity index (χ3n) is 5.45. The van der Waals surface area contributed by atoms with Gasteiger partial charge in [0.1, 0.15) is 11.4 Å². The number of carbonyl (C=O) groups is 2. The van der Waals surface area contributed by atoms with Gasteiger partial charge in [0.2, 0.25) is 0 Å². The van der Waals surface area contributed by atoms with Crippen LogP contribution < -0.4 is 4.74 Å². The van der Waals surface area contributed by atoms with Crippen molar-refractivity contribution >= 4 is 17.4 Å². The third-order valence-corrected chi connectivity index (χ3v) is 5.45. The van der Waals surface area contributed by atoms with E-state index >= 15 is 0 Å². The summed E-state index contributed by atoms with van der Waals surface area (Å²) < 4.78 is 11.2. The van der Waals surface area contributed by atoms with Crippen LogP contribution in [0.5, 0.6) is 5.75 Å². The summed E-state index contributed by atoms with van der Waals surface area (Å²) in [7, 11) is 0. The number of hydrogen-bond acceptors (Lipinski definition) is 5. The number of ether oxygens (including phenoxy) is 2. The van der Waals surface area contributed by atoms with Gasteiger partial charge in [-0.05, 0) is 44.0 Å². The Hall–Kier alpha value is -3.12. The fraction of sp³-hybridized carbons (Fsp3) is 0.360. The number of nitrogens with zero attached hydrogens (tertiary/aromatic N) is 2. The first-order valence-electron chi connectivity index (χ1n) is 10.7. The Morgan fingerprint density at radius 2 is 1.58 bits per heavy atom. The number of morpholine rings is 1. The van der Waals surface area contributed by atoms with Crippen LogP contribution in [-0.4, -0.2) is 54.0 Å². The van der Waals surface area contributed by atoms with Crippen LogP contribution in [0, 0.1) is 6.92 Å². The molecule has 2 aliphatic heterocycles. The Labute approximate surface area is 183 Å². The first-order valence-corrected chi connectivity index (χ1v) is 10.7. The van der Waals surface area contributed by atoms with Crippen molar-refractivity contribution in [2.45, 2.75) is 33.4 Å². The minimum atomic E-state index is -0.260. The minimum Gasteiger partial charge on any atom is -0.491 e. The molecule has 2 heterocycles. The van der Waals surface area contributed by atoms with Crippen LogP contribution in [0.2, 0.25) is 0 Å². The highest BCUT2D eigenvalue weighted by Crippen LogP contribution is 2.34. The van der Waals surface area contributed by atoms with Gasteiger partial charge in [0, 0.05) is 13.1 Å². The SMILES string of the molecule is Cc1ccc(CN2C(=O)C(c3ccc(OC(C)C)cc3)=C(N3CCOCC3)C2=O)cc1. The second-order valence-electron chi connectivity index (χ2n) is 8.20. The molecule has 0 saturated carbocycles. The van der Waals surface area contributed by atoms with Gasteiger partial charge in [-0.2, -0.15) is 0 Å². The summed E-state index contributed by atoms with van der Waals surface area (Å²) in [6.45, 7) is 8.46. The number of rotatable bonds is 6. The molecule has 0 bridgehead atoms. The molecule has 0 radical (unpaired) electrons. The molecule has 0 N–H and O–H groups in total. The second-order valence-corrected chi connectivity index (χ2v) is 8.20. The Kier molecular flexibility index (Phi) is 6.09. The van der Waals surface area contributed by atoms with E-state index in [4.69, 9.17) is 9.47 Å². The maximum atomic E-state index is 13.5. The summed E-state index contributed by atoms with van der Waals surface area (Å²) in [4.78, 5) is 30.2. The predicted molar refractivity (Wildman–Crippen MR) is 118 cm³/mol. The van der Waals surface area contributed by atoms with Gasteiger partial charge in [-0.1, -0.05) is 42.0 Å². The molecule has 0 spiro atoms. The smallest absolute Gasteiger partial charge is 0.278 e. The molecule has 2 aromatic carbocycles. The lowest BCUT2D eigenvalue weighted by Crippen LogP contribution is -2.40. The average Bonchev–Trinajstić information content (AvgIpc) is 3.01. The highest BCUT2D eigenvalue weighted by atomic mass is 16.5. The fourth-order valence-corrected chi connectivity index (χ4v) is 3.90. The van der Waals surface area contributed by atoms with E-state index in [1.807, 2.05) is 74.2 Å². The summed E-state index contributed by atoms with van der Waals surface area (Å²) in [5, 5.41) is 0. The molecule has 6 heteroatoms. The molecular weight excluding hydrogens is 392 g/mol. The van der Waals surface area contributed by atoms with Crippen molar-refractivity contribution in [1.29, 1.82) is 0 Å². The first-order chi connectivity index (χ1) is 14.9. The average molecular weight is 421 g/mol. The maximum absolute atomic E-state index is 13.5. The Balaban J connectivity index is 1.68. The summed E-state index contributed by atoms with van der Waals surface area (Å²) in [5.74, 6) is 0.232. The van der Waals surface area contributed by atoms with Gasteiger partial charge in [-0.15, -0.1) is 0 Å². The van der Waals surface area contributed by atoms with Gasteiger partial charge in [-0.25, -0.2) is 0 Å².